The van der Waals surface area contributed by atoms with Crippen molar-refractivity contribution in [3.05, 3.63) is 0 Å². The smallest absolute Gasteiger partial charge is 0.303 e. The highest BCUT2D eigenvalue weighted by Gasteiger charge is 2.01. The number of aliphatic carboxylic acids is 1. The van der Waals surface area contributed by atoms with Crippen LogP contribution in [0.4, 0.5) is 0 Å². The first-order chi connectivity index (χ1) is 8.02. The summed E-state index contributed by atoms with van der Waals surface area (Å²) >= 11 is 0. The number of carbonyl (C=O) groups is 2. The molecule has 0 spiro atoms. The van der Waals surface area contributed by atoms with E-state index in [9.17, 15) is 9.59 Å². The molecule has 1 amide bonds. The largest absolute Gasteiger partial charge is 0.481 e. The molecule has 0 bridgehead atoms. The number of hydrogen-bond acceptors (Lipinski definition) is 3. The Morgan fingerprint density at radius 3 is 2.35 bits per heavy atom. The normalized spacial score (nSPS) is 10.5. The van der Waals surface area contributed by atoms with Gasteiger partial charge in [0.2, 0.25) is 5.91 Å². The fourth-order valence-electron chi connectivity index (χ4n) is 1.42. The van der Waals surface area contributed by atoms with Crippen LogP contribution in [0.5, 0.6) is 0 Å². The summed E-state index contributed by atoms with van der Waals surface area (Å²) in [4.78, 5) is 21.5. The first-order valence-electron chi connectivity index (χ1n) is 6.24. The minimum Gasteiger partial charge on any atom is -0.481 e. The van der Waals surface area contributed by atoms with Gasteiger partial charge < -0.3 is 15.7 Å². The van der Waals surface area contributed by atoms with E-state index < -0.39 is 5.97 Å². The van der Waals surface area contributed by atoms with Gasteiger partial charge in [-0.3, -0.25) is 9.59 Å². The van der Waals surface area contributed by atoms with Crippen molar-refractivity contribution in [3.8, 4) is 0 Å². The minimum atomic E-state index is -0.733. The number of carboxylic acids is 1. The van der Waals surface area contributed by atoms with Crippen LogP contribution < -0.4 is 10.6 Å². The van der Waals surface area contributed by atoms with Gasteiger partial charge >= 0.3 is 5.97 Å². The van der Waals surface area contributed by atoms with E-state index in [1.165, 1.54) is 0 Å². The molecule has 0 aliphatic heterocycles. The lowest BCUT2D eigenvalue weighted by Crippen LogP contribution is -2.32. The Labute approximate surface area is 103 Å². The number of carbonyl (C=O) groups excluding carboxylic acids is 1. The quantitative estimate of drug-likeness (QED) is 0.503. The van der Waals surface area contributed by atoms with E-state index in [1.807, 2.05) is 13.8 Å². The lowest BCUT2D eigenvalue weighted by Gasteiger charge is -2.08. The second-order valence-corrected chi connectivity index (χ2v) is 4.43. The Morgan fingerprint density at radius 2 is 1.76 bits per heavy atom. The first-order valence-corrected chi connectivity index (χ1v) is 6.24. The lowest BCUT2D eigenvalue weighted by atomic mass is 10.2. The molecule has 0 unspecified atom stereocenters. The third-order valence-corrected chi connectivity index (χ3v) is 2.22. The van der Waals surface area contributed by atoms with E-state index in [1.54, 1.807) is 0 Å². The molecule has 0 fully saturated rings. The number of nitrogens with one attached hydrogen (secondary N) is 2. The molecule has 100 valence electrons. The van der Waals surface area contributed by atoms with Crippen LogP contribution in [0.2, 0.25) is 0 Å². The Hall–Kier alpha value is -1.10. The van der Waals surface area contributed by atoms with Crippen molar-refractivity contribution in [2.24, 2.45) is 0 Å². The van der Waals surface area contributed by atoms with Gasteiger partial charge in [-0.05, 0) is 33.2 Å². The predicted molar refractivity (Wildman–Crippen MR) is 66.9 cm³/mol. The van der Waals surface area contributed by atoms with Crippen molar-refractivity contribution >= 4 is 11.9 Å². The minimum absolute atomic E-state index is 0.0679. The van der Waals surface area contributed by atoms with Crippen LogP contribution in [0.3, 0.4) is 0 Å². The molecule has 0 saturated carbocycles. The van der Waals surface area contributed by atoms with Gasteiger partial charge in [0.15, 0.2) is 0 Å². The summed E-state index contributed by atoms with van der Waals surface area (Å²) in [6.07, 6.45) is 3.34. The Bertz CT molecular complexity index is 230. The molecule has 0 atom stereocenters. The van der Waals surface area contributed by atoms with Crippen LogP contribution in [0.1, 0.15) is 46.0 Å². The highest BCUT2D eigenvalue weighted by molar-refractivity contribution is 5.76. The maximum absolute atomic E-state index is 11.2. The highest BCUT2D eigenvalue weighted by atomic mass is 16.4. The van der Waals surface area contributed by atoms with Gasteiger partial charge in [-0.25, -0.2) is 0 Å². The van der Waals surface area contributed by atoms with E-state index in [4.69, 9.17) is 5.11 Å². The van der Waals surface area contributed by atoms with Gasteiger partial charge in [0.25, 0.3) is 0 Å². The van der Waals surface area contributed by atoms with Crippen LogP contribution in [-0.2, 0) is 9.59 Å². The molecule has 0 aromatic rings. The monoisotopic (exact) mass is 244 g/mol. The van der Waals surface area contributed by atoms with E-state index >= 15 is 0 Å². The molecule has 0 heterocycles. The molecule has 0 rings (SSSR count). The summed E-state index contributed by atoms with van der Waals surface area (Å²) in [5.41, 5.74) is 0. The summed E-state index contributed by atoms with van der Waals surface area (Å²) in [6, 6.07) is 0.193. The number of carboxylic acid groups (broad SMARTS) is 1. The molecule has 5 heteroatoms. The predicted octanol–water partition coefficient (Wildman–Crippen LogP) is 1.14. The van der Waals surface area contributed by atoms with Gasteiger partial charge in [-0.2, -0.15) is 0 Å². The summed E-state index contributed by atoms with van der Waals surface area (Å²) in [7, 11) is 0. The van der Waals surface area contributed by atoms with Crippen LogP contribution in [0, 0.1) is 0 Å². The van der Waals surface area contributed by atoms with Crippen molar-refractivity contribution in [2.45, 2.75) is 52.0 Å². The highest BCUT2D eigenvalue weighted by Crippen LogP contribution is 1.98. The third kappa shape index (κ3) is 12.8. The fraction of sp³-hybridized carbons (Fsp3) is 0.833. The average molecular weight is 244 g/mol. The standard InChI is InChI=1S/C12H24N2O3/c1-10(2)14-11(15)7-9-13-8-5-3-4-6-12(16)17/h10,13H,3-9H2,1-2H3,(H,14,15)(H,16,17). The van der Waals surface area contributed by atoms with Crippen molar-refractivity contribution in [1.29, 1.82) is 0 Å². The molecule has 5 nitrogen and oxygen atoms in total. The molecule has 17 heavy (non-hydrogen) atoms. The second-order valence-electron chi connectivity index (χ2n) is 4.43. The summed E-state index contributed by atoms with van der Waals surface area (Å²) in [5.74, 6) is -0.665. The van der Waals surface area contributed by atoms with Gasteiger partial charge in [0.05, 0.1) is 0 Å². The maximum Gasteiger partial charge on any atom is 0.303 e. The number of hydrogen-bond donors (Lipinski definition) is 3. The Morgan fingerprint density at radius 1 is 1.06 bits per heavy atom. The summed E-state index contributed by atoms with van der Waals surface area (Å²) < 4.78 is 0. The fourth-order valence-corrected chi connectivity index (χ4v) is 1.42. The Kier molecular flexibility index (Phi) is 9.43. The van der Waals surface area contributed by atoms with Gasteiger partial charge in [0, 0.05) is 25.4 Å². The van der Waals surface area contributed by atoms with E-state index in [2.05, 4.69) is 10.6 Å². The summed E-state index contributed by atoms with van der Waals surface area (Å²) in [6.45, 7) is 5.40. The molecule has 0 aromatic carbocycles. The number of amides is 1. The Balaban J connectivity index is 3.18. The number of rotatable bonds is 10. The molecule has 0 aromatic heterocycles. The van der Waals surface area contributed by atoms with E-state index in [0.29, 0.717) is 13.0 Å². The zero-order chi connectivity index (χ0) is 13.1. The van der Waals surface area contributed by atoms with Gasteiger partial charge in [-0.1, -0.05) is 6.42 Å². The van der Waals surface area contributed by atoms with Crippen LogP contribution in [-0.4, -0.2) is 36.1 Å². The van der Waals surface area contributed by atoms with Gasteiger partial charge in [-0.15, -0.1) is 0 Å². The lowest BCUT2D eigenvalue weighted by molar-refractivity contribution is -0.137. The second kappa shape index (κ2) is 10.1. The number of unbranched alkanes of at least 4 members (excludes halogenated alkanes) is 2. The van der Waals surface area contributed by atoms with E-state index in [-0.39, 0.29) is 18.4 Å². The summed E-state index contributed by atoms with van der Waals surface area (Å²) in [5, 5.41) is 14.4. The van der Waals surface area contributed by atoms with E-state index in [0.717, 1.165) is 25.8 Å². The molecule has 3 N–H and O–H groups in total. The maximum atomic E-state index is 11.2. The topological polar surface area (TPSA) is 78.4 Å². The SMILES string of the molecule is CC(C)NC(=O)CCNCCCCCC(=O)O. The first kappa shape index (κ1) is 15.9. The van der Waals surface area contributed by atoms with Crippen molar-refractivity contribution in [2.75, 3.05) is 13.1 Å². The van der Waals surface area contributed by atoms with Crippen LogP contribution in [0.15, 0.2) is 0 Å². The van der Waals surface area contributed by atoms with Crippen LogP contribution in [0.25, 0.3) is 0 Å². The van der Waals surface area contributed by atoms with Crippen molar-refractivity contribution in [3.63, 3.8) is 0 Å². The van der Waals surface area contributed by atoms with Gasteiger partial charge in [0.1, 0.15) is 0 Å². The average Bonchev–Trinajstić information content (AvgIpc) is 2.20. The molecule has 0 radical (unpaired) electrons. The van der Waals surface area contributed by atoms with Crippen LogP contribution >= 0.6 is 0 Å². The zero-order valence-corrected chi connectivity index (χ0v) is 10.8. The molecular formula is C12H24N2O3. The van der Waals surface area contributed by atoms with Crippen molar-refractivity contribution in [1.82, 2.24) is 10.6 Å². The molecule has 0 aliphatic rings. The molecule has 0 saturated heterocycles. The molecular weight excluding hydrogens is 220 g/mol. The molecule has 0 aliphatic carbocycles. The third-order valence-electron chi connectivity index (χ3n) is 2.22. The van der Waals surface area contributed by atoms with Crippen molar-refractivity contribution < 1.29 is 14.7 Å². The zero-order valence-electron chi connectivity index (χ0n) is 10.8.